The number of hydrogen-bond donors (Lipinski definition) is 0. The summed E-state index contributed by atoms with van der Waals surface area (Å²) in [4.78, 5) is 4.17. The second-order valence-electron chi connectivity index (χ2n) is 7.04. The van der Waals surface area contributed by atoms with E-state index in [2.05, 4.69) is 47.5 Å². The number of nitriles is 1. The summed E-state index contributed by atoms with van der Waals surface area (Å²) in [5, 5.41) is 8.95. The van der Waals surface area contributed by atoms with Crippen LogP contribution in [0.2, 0.25) is 0 Å². The average molecular weight is 390 g/mol. The summed E-state index contributed by atoms with van der Waals surface area (Å²) in [7, 11) is 0. The molecular formula is C27H22N2O. The van der Waals surface area contributed by atoms with Crippen molar-refractivity contribution >= 4 is 0 Å². The summed E-state index contributed by atoms with van der Waals surface area (Å²) in [5.74, 6) is 0. The topological polar surface area (TPSA) is 45.9 Å². The fourth-order valence-corrected chi connectivity index (χ4v) is 3.73. The monoisotopic (exact) mass is 390 g/mol. The van der Waals surface area contributed by atoms with Gasteiger partial charge in [-0.2, -0.15) is 5.26 Å². The normalized spacial score (nSPS) is 11.0. The first-order valence-corrected chi connectivity index (χ1v) is 9.98. The lowest BCUT2D eigenvalue weighted by molar-refractivity contribution is 0.0147. The summed E-state index contributed by atoms with van der Waals surface area (Å²) in [6, 6.07) is 36.8. The van der Waals surface area contributed by atoms with Gasteiger partial charge >= 0.3 is 0 Å². The Balaban J connectivity index is 1.73. The number of nitrogens with zero attached hydrogens (tertiary/aromatic N) is 2. The van der Waals surface area contributed by atoms with E-state index < -0.39 is 5.60 Å². The molecule has 0 saturated carbocycles. The van der Waals surface area contributed by atoms with Gasteiger partial charge in [0.05, 0.1) is 6.61 Å². The molecule has 4 rings (SSSR count). The van der Waals surface area contributed by atoms with E-state index in [4.69, 9.17) is 10.00 Å². The maximum atomic E-state index is 8.95. The number of hydrogen-bond acceptors (Lipinski definition) is 3. The molecule has 3 nitrogen and oxygen atoms in total. The van der Waals surface area contributed by atoms with Gasteiger partial charge in [-0.05, 0) is 34.7 Å². The molecule has 0 aliphatic rings. The predicted molar refractivity (Wildman–Crippen MR) is 118 cm³/mol. The van der Waals surface area contributed by atoms with E-state index >= 15 is 0 Å². The Morgan fingerprint density at radius 3 is 1.60 bits per heavy atom. The summed E-state index contributed by atoms with van der Waals surface area (Å²) >= 11 is 0. The maximum Gasteiger partial charge on any atom is 0.143 e. The molecule has 0 bridgehead atoms. The molecule has 30 heavy (non-hydrogen) atoms. The number of pyridine rings is 1. The van der Waals surface area contributed by atoms with Gasteiger partial charge in [0.15, 0.2) is 0 Å². The lowest BCUT2D eigenvalue weighted by Crippen LogP contribution is -2.33. The fourth-order valence-electron chi connectivity index (χ4n) is 3.73. The van der Waals surface area contributed by atoms with E-state index in [1.807, 2.05) is 60.7 Å². The SMILES string of the molecule is N#Cc1ccc(CCOC(c2ccccc2)(c2ccccc2)c2ccccc2)cn1. The van der Waals surface area contributed by atoms with E-state index in [0.717, 1.165) is 22.3 Å². The van der Waals surface area contributed by atoms with Crippen LogP contribution in [-0.2, 0) is 16.8 Å². The lowest BCUT2D eigenvalue weighted by Gasteiger charge is -2.36. The van der Waals surface area contributed by atoms with Crippen LogP contribution in [0.4, 0.5) is 0 Å². The molecule has 0 aliphatic carbocycles. The Hall–Kier alpha value is -3.74. The first-order valence-electron chi connectivity index (χ1n) is 9.98. The predicted octanol–water partition coefficient (Wildman–Crippen LogP) is 5.50. The molecule has 0 radical (unpaired) electrons. The first-order chi connectivity index (χ1) is 14.8. The van der Waals surface area contributed by atoms with E-state index in [-0.39, 0.29) is 0 Å². The van der Waals surface area contributed by atoms with Gasteiger partial charge in [-0.25, -0.2) is 4.98 Å². The molecular weight excluding hydrogens is 368 g/mol. The number of benzene rings is 3. The Bertz CT molecular complexity index is 1010. The lowest BCUT2D eigenvalue weighted by atomic mass is 9.80. The van der Waals surface area contributed by atoms with Crippen molar-refractivity contribution < 1.29 is 4.74 Å². The van der Waals surface area contributed by atoms with Crippen LogP contribution in [0.1, 0.15) is 27.9 Å². The van der Waals surface area contributed by atoms with Crippen LogP contribution in [0.5, 0.6) is 0 Å². The highest BCUT2D eigenvalue weighted by Gasteiger charge is 2.37. The Morgan fingerprint density at radius 2 is 1.20 bits per heavy atom. The summed E-state index contributed by atoms with van der Waals surface area (Å²) in [5.41, 5.74) is 3.99. The maximum absolute atomic E-state index is 8.95. The zero-order valence-corrected chi connectivity index (χ0v) is 16.6. The summed E-state index contributed by atoms with van der Waals surface area (Å²) < 4.78 is 6.76. The molecule has 0 amide bonds. The van der Waals surface area contributed by atoms with Crippen molar-refractivity contribution in [2.75, 3.05) is 6.61 Å². The molecule has 146 valence electrons. The second-order valence-corrected chi connectivity index (χ2v) is 7.04. The molecule has 0 unspecified atom stereocenters. The zero-order chi connectivity index (χ0) is 20.7. The standard InChI is InChI=1S/C27H22N2O/c28-20-26-17-16-22(21-29-26)18-19-30-27(23-10-4-1-5-11-23,24-12-6-2-7-13-24)25-14-8-3-9-15-25/h1-17,21H,18-19H2. The van der Waals surface area contributed by atoms with Crippen LogP contribution in [0.25, 0.3) is 0 Å². The van der Waals surface area contributed by atoms with Crippen LogP contribution < -0.4 is 0 Å². The molecule has 0 aliphatic heterocycles. The van der Waals surface area contributed by atoms with Gasteiger partial charge in [-0.1, -0.05) is 97.1 Å². The number of ether oxygens (including phenoxy) is 1. The van der Waals surface area contributed by atoms with Crippen molar-refractivity contribution in [3.63, 3.8) is 0 Å². The summed E-state index contributed by atoms with van der Waals surface area (Å²) in [6.45, 7) is 0.506. The van der Waals surface area contributed by atoms with Crippen molar-refractivity contribution in [1.29, 1.82) is 5.26 Å². The van der Waals surface area contributed by atoms with Gasteiger partial charge in [0.1, 0.15) is 17.4 Å². The smallest absolute Gasteiger partial charge is 0.143 e. The van der Waals surface area contributed by atoms with Crippen molar-refractivity contribution in [3.8, 4) is 6.07 Å². The minimum Gasteiger partial charge on any atom is -0.360 e. The Morgan fingerprint density at radius 1 is 0.700 bits per heavy atom. The van der Waals surface area contributed by atoms with Crippen LogP contribution >= 0.6 is 0 Å². The van der Waals surface area contributed by atoms with Crippen LogP contribution in [0.15, 0.2) is 109 Å². The highest BCUT2D eigenvalue weighted by molar-refractivity contribution is 5.47. The minimum absolute atomic E-state index is 0.423. The fraction of sp³-hybridized carbons (Fsp3) is 0.111. The van der Waals surface area contributed by atoms with Crippen LogP contribution in [0.3, 0.4) is 0 Å². The second kappa shape index (κ2) is 9.17. The Kier molecular flexibility index (Phi) is 5.98. The van der Waals surface area contributed by atoms with Gasteiger partial charge < -0.3 is 4.74 Å². The molecule has 4 aromatic rings. The van der Waals surface area contributed by atoms with Gasteiger partial charge in [-0.3, -0.25) is 0 Å². The molecule has 0 saturated heterocycles. The van der Waals surface area contributed by atoms with Gasteiger partial charge in [0.25, 0.3) is 0 Å². The van der Waals surface area contributed by atoms with E-state index in [0.29, 0.717) is 18.7 Å². The molecule has 1 heterocycles. The molecule has 3 heteroatoms. The largest absolute Gasteiger partial charge is 0.360 e. The molecule has 3 aromatic carbocycles. The molecule has 0 fully saturated rings. The van der Waals surface area contributed by atoms with E-state index in [1.165, 1.54) is 0 Å². The summed E-state index contributed by atoms with van der Waals surface area (Å²) in [6.07, 6.45) is 2.45. The van der Waals surface area contributed by atoms with Gasteiger partial charge in [0.2, 0.25) is 0 Å². The molecule has 0 atom stereocenters. The first kappa shape index (κ1) is 19.6. The number of rotatable bonds is 7. The highest BCUT2D eigenvalue weighted by Crippen LogP contribution is 2.40. The van der Waals surface area contributed by atoms with E-state index in [9.17, 15) is 0 Å². The Labute approximate surface area is 177 Å². The van der Waals surface area contributed by atoms with Crippen molar-refractivity contribution in [3.05, 3.63) is 137 Å². The number of aromatic nitrogens is 1. The van der Waals surface area contributed by atoms with Crippen molar-refractivity contribution in [1.82, 2.24) is 4.98 Å². The third-order valence-electron chi connectivity index (χ3n) is 5.19. The van der Waals surface area contributed by atoms with Crippen molar-refractivity contribution in [2.45, 2.75) is 12.0 Å². The van der Waals surface area contributed by atoms with Gasteiger partial charge in [-0.15, -0.1) is 0 Å². The van der Waals surface area contributed by atoms with Crippen molar-refractivity contribution in [2.24, 2.45) is 0 Å². The van der Waals surface area contributed by atoms with Crippen LogP contribution in [0, 0.1) is 11.3 Å². The molecule has 1 aromatic heterocycles. The third-order valence-corrected chi connectivity index (χ3v) is 5.19. The third kappa shape index (κ3) is 4.00. The molecule has 0 N–H and O–H groups in total. The molecule has 0 spiro atoms. The van der Waals surface area contributed by atoms with E-state index in [1.54, 1.807) is 12.3 Å². The average Bonchev–Trinajstić information content (AvgIpc) is 2.84. The minimum atomic E-state index is -0.718. The van der Waals surface area contributed by atoms with Gasteiger partial charge in [0, 0.05) is 6.20 Å². The zero-order valence-electron chi connectivity index (χ0n) is 16.6. The van der Waals surface area contributed by atoms with Crippen LogP contribution in [-0.4, -0.2) is 11.6 Å². The quantitative estimate of drug-likeness (QED) is 0.391. The highest BCUT2D eigenvalue weighted by atomic mass is 16.5.